The number of aliphatic hydroxyl groups is 1. The van der Waals surface area contributed by atoms with Gasteiger partial charge in [0.15, 0.2) is 11.5 Å². The Morgan fingerprint density at radius 2 is 1.75 bits per heavy atom. The van der Waals surface area contributed by atoms with Crippen LogP contribution in [0.25, 0.3) is 0 Å². The number of likely N-dealkylation sites (tertiary alicyclic amines) is 1. The van der Waals surface area contributed by atoms with Crippen LogP contribution in [0.2, 0.25) is 0 Å². The van der Waals surface area contributed by atoms with Gasteiger partial charge in [0.1, 0.15) is 12.7 Å². The number of rotatable bonds is 7. The summed E-state index contributed by atoms with van der Waals surface area (Å²) in [6.45, 7) is 3.93. The van der Waals surface area contributed by atoms with Crippen LogP contribution in [-0.4, -0.2) is 43.4 Å². The van der Waals surface area contributed by atoms with Gasteiger partial charge in [-0.25, -0.2) is 0 Å². The maximum absolute atomic E-state index is 10.5. The van der Waals surface area contributed by atoms with Crippen molar-refractivity contribution < 1.29 is 14.6 Å². The van der Waals surface area contributed by atoms with E-state index in [0.717, 1.165) is 23.4 Å². The molecular formula is C20H25NO3. The van der Waals surface area contributed by atoms with E-state index in [1.807, 2.05) is 48.5 Å². The highest BCUT2D eigenvalue weighted by molar-refractivity contribution is 5.45. The average Bonchev–Trinajstić information content (AvgIpc) is 3.15. The van der Waals surface area contributed by atoms with Crippen molar-refractivity contribution in [3.05, 3.63) is 59.7 Å². The lowest BCUT2D eigenvalue weighted by Crippen LogP contribution is -2.25. The van der Waals surface area contributed by atoms with E-state index < -0.39 is 6.10 Å². The fraction of sp³-hybridized carbons (Fsp3) is 0.400. The number of methoxy groups -OCH3 is 1. The van der Waals surface area contributed by atoms with Crippen LogP contribution in [-0.2, 0) is 0 Å². The van der Waals surface area contributed by atoms with E-state index >= 15 is 0 Å². The Hall–Kier alpha value is -2.04. The number of ether oxygens (including phenoxy) is 2. The van der Waals surface area contributed by atoms with Crippen molar-refractivity contribution in [2.45, 2.75) is 18.9 Å². The SMILES string of the molecule is COc1cc(C(O)c2ccccc2)ccc1OCCN1CCCC1. The summed E-state index contributed by atoms with van der Waals surface area (Å²) in [5.41, 5.74) is 1.66. The molecule has 1 fully saturated rings. The number of benzene rings is 2. The lowest BCUT2D eigenvalue weighted by Gasteiger charge is -2.18. The van der Waals surface area contributed by atoms with Crippen LogP contribution in [0.1, 0.15) is 30.1 Å². The second-order valence-electron chi connectivity index (χ2n) is 6.12. The average molecular weight is 327 g/mol. The molecule has 1 unspecified atom stereocenters. The van der Waals surface area contributed by atoms with E-state index in [4.69, 9.17) is 9.47 Å². The van der Waals surface area contributed by atoms with Crippen molar-refractivity contribution in [2.24, 2.45) is 0 Å². The van der Waals surface area contributed by atoms with Crippen molar-refractivity contribution >= 4 is 0 Å². The first-order valence-corrected chi connectivity index (χ1v) is 8.54. The fourth-order valence-corrected chi connectivity index (χ4v) is 3.09. The quantitative estimate of drug-likeness (QED) is 0.848. The molecule has 3 rings (SSSR count). The van der Waals surface area contributed by atoms with Crippen molar-refractivity contribution in [2.75, 3.05) is 33.4 Å². The van der Waals surface area contributed by atoms with E-state index in [1.54, 1.807) is 7.11 Å². The Balaban J connectivity index is 1.66. The monoisotopic (exact) mass is 327 g/mol. The van der Waals surface area contributed by atoms with Gasteiger partial charge in [0.2, 0.25) is 0 Å². The Kier molecular flexibility index (Phi) is 5.72. The largest absolute Gasteiger partial charge is 0.493 e. The third-order valence-corrected chi connectivity index (χ3v) is 4.48. The molecule has 1 saturated heterocycles. The molecule has 1 N–H and O–H groups in total. The fourth-order valence-electron chi connectivity index (χ4n) is 3.09. The molecule has 0 aliphatic carbocycles. The molecule has 1 aliphatic rings. The summed E-state index contributed by atoms with van der Waals surface area (Å²) in [6.07, 6.45) is 1.91. The predicted octanol–water partition coefficient (Wildman–Crippen LogP) is 3.25. The van der Waals surface area contributed by atoms with E-state index in [-0.39, 0.29) is 0 Å². The van der Waals surface area contributed by atoms with Gasteiger partial charge in [-0.2, -0.15) is 0 Å². The second kappa shape index (κ2) is 8.18. The van der Waals surface area contributed by atoms with Crippen molar-refractivity contribution in [3.63, 3.8) is 0 Å². The van der Waals surface area contributed by atoms with Crippen LogP contribution in [0.3, 0.4) is 0 Å². The Morgan fingerprint density at radius 3 is 2.46 bits per heavy atom. The Labute approximate surface area is 143 Å². The topological polar surface area (TPSA) is 41.9 Å². The highest BCUT2D eigenvalue weighted by atomic mass is 16.5. The van der Waals surface area contributed by atoms with Gasteiger partial charge in [0, 0.05) is 6.54 Å². The molecule has 2 aromatic carbocycles. The molecule has 0 bridgehead atoms. The van der Waals surface area contributed by atoms with Gasteiger partial charge < -0.3 is 14.6 Å². The van der Waals surface area contributed by atoms with Gasteiger partial charge in [-0.15, -0.1) is 0 Å². The number of nitrogens with zero attached hydrogens (tertiary/aromatic N) is 1. The third-order valence-electron chi connectivity index (χ3n) is 4.48. The molecule has 1 heterocycles. The number of hydrogen-bond donors (Lipinski definition) is 1. The summed E-state index contributed by atoms with van der Waals surface area (Å²) < 4.78 is 11.3. The molecule has 0 saturated carbocycles. The maximum atomic E-state index is 10.5. The minimum Gasteiger partial charge on any atom is -0.493 e. The lowest BCUT2D eigenvalue weighted by atomic mass is 10.0. The lowest BCUT2D eigenvalue weighted by molar-refractivity contribution is 0.217. The van der Waals surface area contributed by atoms with Gasteiger partial charge in [0.25, 0.3) is 0 Å². The molecule has 1 atom stereocenters. The third kappa shape index (κ3) is 4.08. The first kappa shape index (κ1) is 16.8. The zero-order chi connectivity index (χ0) is 16.8. The zero-order valence-electron chi connectivity index (χ0n) is 14.1. The molecule has 0 spiro atoms. The molecule has 0 radical (unpaired) electrons. The minimum absolute atomic E-state index is 0.650. The van der Waals surface area contributed by atoms with Crippen LogP contribution in [0, 0.1) is 0 Å². The van der Waals surface area contributed by atoms with Crippen LogP contribution in [0.15, 0.2) is 48.5 Å². The summed E-state index contributed by atoms with van der Waals surface area (Å²) >= 11 is 0. The molecule has 0 aromatic heterocycles. The zero-order valence-corrected chi connectivity index (χ0v) is 14.1. The molecule has 1 aliphatic heterocycles. The van der Waals surface area contributed by atoms with E-state index in [0.29, 0.717) is 12.4 Å². The summed E-state index contributed by atoms with van der Waals surface area (Å²) in [5, 5.41) is 10.5. The molecule has 24 heavy (non-hydrogen) atoms. The van der Waals surface area contributed by atoms with E-state index in [1.165, 1.54) is 25.9 Å². The number of hydrogen-bond acceptors (Lipinski definition) is 4. The van der Waals surface area contributed by atoms with Crippen LogP contribution < -0.4 is 9.47 Å². The minimum atomic E-state index is -0.668. The normalized spacial score (nSPS) is 16.1. The highest BCUT2D eigenvalue weighted by Gasteiger charge is 2.15. The standard InChI is InChI=1S/C20H25NO3/c1-23-19-15-17(20(22)16-7-3-2-4-8-16)9-10-18(19)24-14-13-21-11-5-6-12-21/h2-4,7-10,15,20,22H,5-6,11-14H2,1H3. The van der Waals surface area contributed by atoms with Crippen LogP contribution in [0.5, 0.6) is 11.5 Å². The highest BCUT2D eigenvalue weighted by Crippen LogP contribution is 2.32. The van der Waals surface area contributed by atoms with Crippen LogP contribution in [0.4, 0.5) is 0 Å². The summed E-state index contributed by atoms with van der Waals surface area (Å²) in [5.74, 6) is 1.38. The summed E-state index contributed by atoms with van der Waals surface area (Å²) in [7, 11) is 1.63. The van der Waals surface area contributed by atoms with Gasteiger partial charge in [-0.1, -0.05) is 36.4 Å². The van der Waals surface area contributed by atoms with Crippen molar-refractivity contribution in [3.8, 4) is 11.5 Å². The smallest absolute Gasteiger partial charge is 0.161 e. The Morgan fingerprint density at radius 1 is 1.00 bits per heavy atom. The van der Waals surface area contributed by atoms with Crippen molar-refractivity contribution in [1.29, 1.82) is 0 Å². The van der Waals surface area contributed by atoms with Gasteiger partial charge in [-0.3, -0.25) is 4.90 Å². The molecule has 0 amide bonds. The molecule has 2 aromatic rings. The Bertz CT molecular complexity index is 639. The summed E-state index contributed by atoms with van der Waals surface area (Å²) in [4.78, 5) is 2.42. The van der Waals surface area contributed by atoms with Gasteiger partial charge in [0.05, 0.1) is 7.11 Å². The molecular weight excluding hydrogens is 302 g/mol. The maximum Gasteiger partial charge on any atom is 0.161 e. The first-order chi connectivity index (χ1) is 11.8. The van der Waals surface area contributed by atoms with Gasteiger partial charge in [-0.05, 0) is 49.2 Å². The van der Waals surface area contributed by atoms with Crippen molar-refractivity contribution in [1.82, 2.24) is 4.90 Å². The second-order valence-corrected chi connectivity index (χ2v) is 6.12. The first-order valence-electron chi connectivity index (χ1n) is 8.54. The molecule has 128 valence electrons. The number of aliphatic hydroxyl groups excluding tert-OH is 1. The van der Waals surface area contributed by atoms with E-state index in [2.05, 4.69) is 4.90 Å². The van der Waals surface area contributed by atoms with Crippen LogP contribution >= 0.6 is 0 Å². The summed E-state index contributed by atoms with van der Waals surface area (Å²) in [6, 6.07) is 15.2. The predicted molar refractivity (Wildman–Crippen MR) is 94.7 cm³/mol. The molecule has 4 nitrogen and oxygen atoms in total. The molecule has 4 heteroatoms. The van der Waals surface area contributed by atoms with Gasteiger partial charge >= 0.3 is 0 Å². The van der Waals surface area contributed by atoms with E-state index in [9.17, 15) is 5.11 Å².